The summed E-state index contributed by atoms with van der Waals surface area (Å²) >= 11 is 0. The number of nitrogens with zero attached hydrogens (tertiary/aromatic N) is 3. The molecule has 1 fully saturated rings. The van der Waals surface area contributed by atoms with Crippen LogP contribution >= 0.6 is 0 Å². The summed E-state index contributed by atoms with van der Waals surface area (Å²) in [6, 6.07) is 8.92. The zero-order chi connectivity index (χ0) is 19.2. The molecular weight excluding hydrogens is 348 g/mol. The highest BCUT2D eigenvalue weighted by molar-refractivity contribution is 5.76. The minimum atomic E-state index is -0.250. The van der Waals surface area contributed by atoms with Crippen LogP contribution in [0.4, 0.5) is 5.95 Å². The Hall–Kier alpha value is -2.87. The van der Waals surface area contributed by atoms with Gasteiger partial charge in [-0.25, -0.2) is 4.98 Å². The molecule has 1 aromatic carbocycles. The molecule has 0 aliphatic carbocycles. The maximum atomic E-state index is 12.5. The number of carbonyl (C=O) groups excluding carboxylic acids is 1. The Bertz CT molecular complexity index is 859. The number of carbonyl (C=O) groups is 1. The lowest BCUT2D eigenvalue weighted by Crippen LogP contribution is -2.42. The zero-order valence-electron chi connectivity index (χ0n) is 15.6. The van der Waals surface area contributed by atoms with E-state index in [1.807, 2.05) is 29.2 Å². The predicted molar refractivity (Wildman–Crippen MR) is 101 cm³/mol. The van der Waals surface area contributed by atoms with Gasteiger partial charge in [-0.2, -0.15) is 0 Å². The van der Waals surface area contributed by atoms with Crippen LogP contribution in [0.5, 0.6) is 5.75 Å². The highest BCUT2D eigenvalue weighted by Crippen LogP contribution is 2.13. The fourth-order valence-corrected chi connectivity index (χ4v) is 2.94. The largest absolute Gasteiger partial charge is 0.497 e. The van der Waals surface area contributed by atoms with Crippen LogP contribution in [0, 0.1) is 6.92 Å². The van der Waals surface area contributed by atoms with Crippen molar-refractivity contribution >= 4 is 11.9 Å². The molecule has 1 aliphatic rings. The molecule has 1 aliphatic heterocycles. The van der Waals surface area contributed by atoms with Crippen molar-refractivity contribution in [1.29, 1.82) is 0 Å². The monoisotopic (exact) mass is 372 g/mol. The number of aromatic nitrogens is 2. The van der Waals surface area contributed by atoms with E-state index in [-0.39, 0.29) is 18.0 Å². The van der Waals surface area contributed by atoms with E-state index in [4.69, 9.17) is 9.47 Å². The van der Waals surface area contributed by atoms with Gasteiger partial charge in [0.25, 0.3) is 5.56 Å². The Labute approximate surface area is 157 Å². The van der Waals surface area contributed by atoms with Crippen LogP contribution in [0.2, 0.25) is 0 Å². The Balaban J connectivity index is 1.72. The number of rotatable bonds is 6. The van der Waals surface area contributed by atoms with Gasteiger partial charge in [0.05, 0.1) is 20.3 Å². The SMILES string of the molecule is COc1cccc(CNC(=O)Cn2c(N3CCOCC3)nc(C)cc2=O)c1. The van der Waals surface area contributed by atoms with Crippen molar-refractivity contribution in [2.75, 3.05) is 38.3 Å². The van der Waals surface area contributed by atoms with Crippen molar-refractivity contribution in [3.63, 3.8) is 0 Å². The average molecular weight is 372 g/mol. The molecule has 0 bridgehead atoms. The van der Waals surface area contributed by atoms with Gasteiger partial charge in [0.15, 0.2) is 0 Å². The third kappa shape index (κ3) is 4.85. The summed E-state index contributed by atoms with van der Waals surface area (Å²) in [6.45, 7) is 4.48. The third-order valence-corrected chi connectivity index (χ3v) is 4.34. The van der Waals surface area contributed by atoms with E-state index < -0.39 is 0 Å². The van der Waals surface area contributed by atoms with Gasteiger partial charge in [0, 0.05) is 31.4 Å². The summed E-state index contributed by atoms with van der Waals surface area (Å²) in [4.78, 5) is 31.4. The summed E-state index contributed by atoms with van der Waals surface area (Å²) < 4.78 is 12.0. The maximum Gasteiger partial charge on any atom is 0.255 e. The number of amides is 1. The first-order valence-electron chi connectivity index (χ1n) is 8.87. The van der Waals surface area contributed by atoms with Crippen LogP contribution in [0.3, 0.4) is 0 Å². The number of nitrogens with one attached hydrogen (secondary N) is 1. The Morgan fingerprint density at radius 1 is 1.30 bits per heavy atom. The Kier molecular flexibility index (Phi) is 6.08. The first kappa shape index (κ1) is 18.9. The van der Waals surface area contributed by atoms with Gasteiger partial charge in [0.1, 0.15) is 12.3 Å². The van der Waals surface area contributed by atoms with Gasteiger partial charge in [-0.05, 0) is 24.6 Å². The molecule has 3 rings (SSSR count). The fourth-order valence-electron chi connectivity index (χ4n) is 2.94. The standard InChI is InChI=1S/C19H24N4O4/c1-14-10-18(25)23(19(21-14)22-6-8-27-9-7-22)13-17(24)20-12-15-4-3-5-16(11-15)26-2/h3-5,10-11H,6-9,12-13H2,1-2H3,(H,20,24). The van der Waals surface area contributed by atoms with Crippen molar-refractivity contribution in [1.82, 2.24) is 14.9 Å². The topological polar surface area (TPSA) is 85.7 Å². The second-order valence-corrected chi connectivity index (χ2v) is 6.35. The highest BCUT2D eigenvalue weighted by Gasteiger charge is 2.19. The van der Waals surface area contributed by atoms with Crippen molar-refractivity contribution < 1.29 is 14.3 Å². The van der Waals surface area contributed by atoms with Gasteiger partial charge < -0.3 is 19.7 Å². The smallest absolute Gasteiger partial charge is 0.255 e. The van der Waals surface area contributed by atoms with Crippen LogP contribution < -0.4 is 20.5 Å². The van der Waals surface area contributed by atoms with E-state index in [1.54, 1.807) is 14.0 Å². The van der Waals surface area contributed by atoms with Crippen LogP contribution in [0.15, 0.2) is 35.1 Å². The number of hydrogen-bond acceptors (Lipinski definition) is 6. The molecule has 1 saturated heterocycles. The summed E-state index contributed by atoms with van der Waals surface area (Å²) in [5.74, 6) is 0.996. The van der Waals surface area contributed by atoms with Gasteiger partial charge >= 0.3 is 0 Å². The van der Waals surface area contributed by atoms with E-state index in [2.05, 4.69) is 10.3 Å². The molecule has 0 atom stereocenters. The van der Waals surface area contributed by atoms with Crippen molar-refractivity contribution in [3.8, 4) is 5.75 Å². The van der Waals surface area contributed by atoms with E-state index in [1.165, 1.54) is 10.6 Å². The van der Waals surface area contributed by atoms with Crippen molar-refractivity contribution in [2.45, 2.75) is 20.0 Å². The normalized spacial score (nSPS) is 14.1. The number of aryl methyl sites for hydroxylation is 1. The first-order valence-corrected chi connectivity index (χ1v) is 8.87. The first-order chi connectivity index (χ1) is 13.1. The third-order valence-electron chi connectivity index (χ3n) is 4.34. The molecule has 1 aromatic heterocycles. The molecule has 0 saturated carbocycles. The molecule has 8 heteroatoms. The summed E-state index contributed by atoms with van der Waals surface area (Å²) in [5, 5.41) is 2.85. The molecule has 1 amide bonds. The van der Waals surface area contributed by atoms with Gasteiger partial charge in [0.2, 0.25) is 11.9 Å². The van der Waals surface area contributed by atoms with Crippen molar-refractivity contribution in [2.24, 2.45) is 0 Å². The predicted octanol–water partition coefficient (Wildman–Crippen LogP) is 0.713. The van der Waals surface area contributed by atoms with Crippen LogP contribution in [-0.2, 0) is 22.6 Å². The molecule has 27 heavy (non-hydrogen) atoms. The number of ether oxygens (including phenoxy) is 2. The molecule has 8 nitrogen and oxygen atoms in total. The number of benzene rings is 1. The van der Waals surface area contributed by atoms with E-state index in [9.17, 15) is 9.59 Å². The average Bonchev–Trinajstić information content (AvgIpc) is 2.69. The fraction of sp³-hybridized carbons (Fsp3) is 0.421. The molecule has 144 valence electrons. The van der Waals surface area contributed by atoms with Gasteiger partial charge in [-0.1, -0.05) is 12.1 Å². The summed E-state index contributed by atoms with van der Waals surface area (Å²) in [7, 11) is 1.60. The number of hydrogen-bond donors (Lipinski definition) is 1. The van der Waals surface area contributed by atoms with Crippen molar-refractivity contribution in [3.05, 3.63) is 51.9 Å². The van der Waals surface area contributed by atoms with Crippen LogP contribution in [0.25, 0.3) is 0 Å². The lowest BCUT2D eigenvalue weighted by Gasteiger charge is -2.29. The molecule has 1 N–H and O–H groups in total. The highest BCUT2D eigenvalue weighted by atomic mass is 16.5. The molecule has 0 radical (unpaired) electrons. The lowest BCUT2D eigenvalue weighted by molar-refractivity contribution is -0.121. The van der Waals surface area contributed by atoms with Gasteiger partial charge in [-0.15, -0.1) is 0 Å². The minimum absolute atomic E-state index is 0.0806. The van der Waals surface area contributed by atoms with E-state index in [0.717, 1.165) is 11.3 Å². The van der Waals surface area contributed by atoms with Crippen LogP contribution in [0.1, 0.15) is 11.3 Å². The zero-order valence-corrected chi connectivity index (χ0v) is 15.6. The molecule has 0 unspecified atom stereocenters. The number of morpholine rings is 1. The summed E-state index contributed by atoms with van der Waals surface area (Å²) in [6.07, 6.45) is 0. The Morgan fingerprint density at radius 3 is 2.81 bits per heavy atom. The number of anilines is 1. The van der Waals surface area contributed by atoms with E-state index >= 15 is 0 Å². The number of methoxy groups -OCH3 is 1. The van der Waals surface area contributed by atoms with Crippen LogP contribution in [-0.4, -0.2) is 48.9 Å². The molecule has 2 heterocycles. The second kappa shape index (κ2) is 8.68. The quantitative estimate of drug-likeness (QED) is 0.804. The molecular formula is C19H24N4O4. The lowest BCUT2D eigenvalue weighted by atomic mass is 10.2. The molecule has 0 spiro atoms. The Morgan fingerprint density at radius 2 is 2.07 bits per heavy atom. The second-order valence-electron chi connectivity index (χ2n) is 6.35. The van der Waals surface area contributed by atoms with E-state index in [0.29, 0.717) is 44.5 Å². The minimum Gasteiger partial charge on any atom is -0.497 e. The van der Waals surface area contributed by atoms with Gasteiger partial charge in [-0.3, -0.25) is 14.2 Å². The summed E-state index contributed by atoms with van der Waals surface area (Å²) in [5.41, 5.74) is 1.32. The molecule has 2 aromatic rings. The maximum absolute atomic E-state index is 12.5.